The summed E-state index contributed by atoms with van der Waals surface area (Å²) in [6.45, 7) is 11.0. The van der Waals surface area contributed by atoms with Crippen molar-refractivity contribution in [3.63, 3.8) is 0 Å². The Balaban J connectivity index is 1.69. The van der Waals surface area contributed by atoms with Gasteiger partial charge in [-0.1, -0.05) is 52.7 Å². The summed E-state index contributed by atoms with van der Waals surface area (Å²) in [6.07, 6.45) is 15.4. The molecule has 1 fully saturated rings. The monoisotopic (exact) mass is 418 g/mol. The van der Waals surface area contributed by atoms with Crippen molar-refractivity contribution in [3.8, 4) is 0 Å². The highest BCUT2D eigenvalue weighted by Gasteiger charge is 2.28. The Morgan fingerprint density at radius 3 is 2.69 bits per heavy atom. The van der Waals surface area contributed by atoms with Crippen LogP contribution in [-0.4, -0.2) is 43.3 Å². The van der Waals surface area contributed by atoms with Crippen molar-refractivity contribution in [3.05, 3.63) is 28.9 Å². The number of unbranched alkanes of at least 4 members (excludes halogenated alkanes) is 1. The van der Waals surface area contributed by atoms with E-state index in [-0.39, 0.29) is 10.7 Å². The molecule has 0 bridgehead atoms. The molecule has 3 rings (SSSR count). The summed E-state index contributed by atoms with van der Waals surface area (Å²) in [6, 6.07) is 0.686. The molecule has 2 atom stereocenters. The highest BCUT2D eigenvalue weighted by atomic mass is 32.2. The molecule has 1 aromatic heterocycles. The Morgan fingerprint density at radius 1 is 1.31 bits per heavy atom. The van der Waals surface area contributed by atoms with E-state index < -0.39 is 11.0 Å². The van der Waals surface area contributed by atoms with E-state index in [2.05, 4.69) is 60.6 Å². The molecule has 2 unspecified atom stereocenters. The van der Waals surface area contributed by atoms with Crippen molar-refractivity contribution in [1.82, 2.24) is 19.4 Å². The van der Waals surface area contributed by atoms with E-state index in [4.69, 9.17) is 0 Å². The fraction of sp³-hybridized carbons (Fsp3) is 0.696. The first kappa shape index (κ1) is 22.3. The van der Waals surface area contributed by atoms with Gasteiger partial charge < -0.3 is 9.62 Å². The molecule has 162 valence electrons. The van der Waals surface area contributed by atoms with E-state index in [1.165, 1.54) is 25.7 Å². The van der Waals surface area contributed by atoms with Gasteiger partial charge in [-0.3, -0.25) is 4.68 Å². The molecule has 29 heavy (non-hydrogen) atoms. The number of fused-ring (bicyclic) bond motifs is 1. The Hall–Kier alpha value is -1.40. The molecule has 0 saturated carbocycles. The minimum absolute atomic E-state index is 0.0539. The van der Waals surface area contributed by atoms with Crippen molar-refractivity contribution in [2.75, 3.05) is 13.1 Å². The van der Waals surface area contributed by atoms with Gasteiger partial charge in [0.25, 0.3) is 0 Å². The highest BCUT2D eigenvalue weighted by molar-refractivity contribution is 7.84. The van der Waals surface area contributed by atoms with Gasteiger partial charge in [-0.25, -0.2) is 4.21 Å². The third-order valence-corrected chi connectivity index (χ3v) is 7.80. The second-order valence-corrected chi connectivity index (χ2v) is 10.6. The summed E-state index contributed by atoms with van der Waals surface area (Å²) in [4.78, 5) is 2.62. The van der Waals surface area contributed by atoms with Crippen molar-refractivity contribution in [2.45, 2.75) is 77.5 Å². The summed E-state index contributed by atoms with van der Waals surface area (Å²) in [5, 5.41) is 6.74. The summed E-state index contributed by atoms with van der Waals surface area (Å²) >= 11 is 0. The van der Waals surface area contributed by atoms with Gasteiger partial charge >= 0.3 is 0 Å². The molecule has 1 saturated heterocycles. The van der Waals surface area contributed by atoms with Crippen LogP contribution in [0.3, 0.4) is 0 Å². The molecule has 1 aliphatic carbocycles. The lowest BCUT2D eigenvalue weighted by molar-refractivity contribution is 0.151. The van der Waals surface area contributed by atoms with Gasteiger partial charge in [0, 0.05) is 23.7 Å². The Morgan fingerprint density at radius 2 is 2.03 bits per heavy atom. The average Bonchev–Trinajstić information content (AvgIpc) is 2.98. The largest absolute Gasteiger partial charge is 0.303 e. The van der Waals surface area contributed by atoms with Crippen LogP contribution in [0.15, 0.2) is 18.3 Å². The number of piperidine rings is 1. The number of hydrogen-bond acceptors (Lipinski definition) is 3. The van der Waals surface area contributed by atoms with Gasteiger partial charge in [-0.15, -0.1) is 0 Å². The number of nitrogens with zero attached hydrogens (tertiary/aromatic N) is 3. The second kappa shape index (κ2) is 9.61. The molecule has 1 N–H and O–H groups in total. The number of likely N-dealkylation sites (tertiary alicyclic amines) is 1. The summed E-state index contributed by atoms with van der Waals surface area (Å²) < 4.78 is 18.4. The van der Waals surface area contributed by atoms with Crippen LogP contribution >= 0.6 is 0 Å². The van der Waals surface area contributed by atoms with Crippen molar-refractivity contribution >= 4 is 22.8 Å². The Labute approximate surface area is 178 Å². The minimum atomic E-state index is -1.09. The molecule has 1 aromatic rings. The summed E-state index contributed by atoms with van der Waals surface area (Å²) in [5.74, 6) is 0. The zero-order valence-electron chi connectivity index (χ0n) is 18.8. The van der Waals surface area contributed by atoms with Crippen molar-refractivity contribution < 1.29 is 4.21 Å². The maximum absolute atomic E-state index is 13.2. The molecule has 0 amide bonds. The first-order chi connectivity index (χ1) is 13.8. The first-order valence-electron chi connectivity index (χ1n) is 11.2. The second-order valence-electron chi connectivity index (χ2n) is 9.12. The number of hydrogen-bond donors (Lipinski definition) is 1. The lowest BCUT2D eigenvalue weighted by Crippen LogP contribution is -2.45. The Kier molecular flexibility index (Phi) is 7.38. The van der Waals surface area contributed by atoms with Crippen LogP contribution in [0.4, 0.5) is 0 Å². The van der Waals surface area contributed by atoms with Gasteiger partial charge in [0.2, 0.25) is 0 Å². The normalized spacial score (nSPS) is 21.9. The van der Waals surface area contributed by atoms with Gasteiger partial charge in [0.1, 0.15) is 11.0 Å². The van der Waals surface area contributed by atoms with Crippen LogP contribution in [0.5, 0.6) is 0 Å². The van der Waals surface area contributed by atoms with Gasteiger partial charge in [-0.05, 0) is 44.8 Å². The predicted molar refractivity (Wildman–Crippen MR) is 123 cm³/mol. The maximum atomic E-state index is 13.2. The summed E-state index contributed by atoms with van der Waals surface area (Å²) in [7, 11) is 0.856. The number of rotatable bonds is 8. The van der Waals surface area contributed by atoms with Gasteiger partial charge in [0.15, 0.2) is 0 Å². The lowest BCUT2D eigenvalue weighted by Gasteiger charge is -2.37. The van der Waals surface area contributed by atoms with E-state index in [9.17, 15) is 4.21 Å². The zero-order valence-corrected chi connectivity index (χ0v) is 19.6. The first-order valence-corrected chi connectivity index (χ1v) is 12.4. The quantitative estimate of drug-likeness (QED) is 0.706. The molecule has 0 spiro atoms. The van der Waals surface area contributed by atoms with Crippen LogP contribution in [0.25, 0.3) is 11.8 Å². The number of allylic oxidation sites excluding steroid dienone is 1. The molecule has 2 aliphatic rings. The number of nitrogens with one attached hydrogen (secondary N) is 1. The molecule has 6 heteroatoms. The van der Waals surface area contributed by atoms with Gasteiger partial charge in [-0.2, -0.15) is 5.10 Å². The molecular weight excluding hydrogens is 380 g/mol. The molecule has 0 radical (unpaired) electrons. The minimum Gasteiger partial charge on any atom is -0.303 e. The van der Waals surface area contributed by atoms with E-state index in [1.807, 2.05) is 17.9 Å². The third kappa shape index (κ3) is 5.40. The van der Waals surface area contributed by atoms with Crippen LogP contribution < -0.4 is 15.3 Å². The number of aromatic nitrogens is 2. The third-order valence-electron chi connectivity index (χ3n) is 6.30. The molecule has 1 aliphatic heterocycles. The smallest absolute Gasteiger partial charge is 0.120 e. The van der Waals surface area contributed by atoms with Crippen LogP contribution in [0.2, 0.25) is 0 Å². The maximum Gasteiger partial charge on any atom is 0.120 e. The van der Waals surface area contributed by atoms with E-state index in [0.717, 1.165) is 42.2 Å². The van der Waals surface area contributed by atoms with Crippen LogP contribution in [0.1, 0.15) is 66.2 Å². The van der Waals surface area contributed by atoms with Crippen molar-refractivity contribution in [1.29, 1.82) is 0 Å². The summed E-state index contributed by atoms with van der Waals surface area (Å²) in [5.41, 5.74) is 0.860. The highest BCUT2D eigenvalue weighted by Crippen LogP contribution is 2.23. The van der Waals surface area contributed by atoms with E-state index >= 15 is 0 Å². The average molecular weight is 419 g/mol. The predicted octanol–water partition coefficient (Wildman–Crippen LogP) is 2.59. The standard InChI is InChI=1S/C23H38N4OS/c1-6-8-9-19(7-2)27-14-11-20(12-15-27)29(28)25-21-10-13-23(3,4)16-18-17-24-26(5)22(18)21/h10,13,16-17,19-20,25H,6-9,11-12,14-15H2,1-5H3. The lowest BCUT2D eigenvalue weighted by atomic mass is 9.93. The van der Waals surface area contributed by atoms with Crippen molar-refractivity contribution in [2.24, 2.45) is 12.5 Å². The fourth-order valence-electron chi connectivity index (χ4n) is 4.53. The van der Waals surface area contributed by atoms with Crippen LogP contribution in [0, 0.1) is 5.41 Å². The topological polar surface area (TPSA) is 50.2 Å². The Bertz CT molecular complexity index is 862. The fourth-order valence-corrected chi connectivity index (χ4v) is 5.72. The SMILES string of the molecule is CCCCC(CC)N1CCC(S(=O)NC2=c3c(cnn3C)=CC(C)(C)C=C2)CC1. The van der Waals surface area contributed by atoms with Crippen LogP contribution in [-0.2, 0) is 18.0 Å². The van der Waals surface area contributed by atoms with E-state index in [1.54, 1.807) is 0 Å². The zero-order chi connectivity index (χ0) is 21.0. The molecule has 0 aromatic carbocycles. The number of aryl methyl sites for hydroxylation is 1. The molecular formula is C23H38N4OS. The van der Waals surface area contributed by atoms with E-state index in [0.29, 0.717) is 6.04 Å². The molecule has 5 nitrogen and oxygen atoms in total. The molecule has 2 heterocycles. The van der Waals surface area contributed by atoms with Gasteiger partial charge in [0.05, 0.1) is 22.5 Å².